The van der Waals surface area contributed by atoms with E-state index in [1.165, 1.54) is 37.7 Å². The minimum absolute atomic E-state index is 0.0114. The smallest absolute Gasteiger partial charge is 0.0195 e. The summed E-state index contributed by atoms with van der Waals surface area (Å²) in [6, 6.07) is 8.63. The normalized spacial score (nSPS) is 28.4. The Morgan fingerprint density at radius 1 is 1.21 bits per heavy atom. The van der Waals surface area contributed by atoms with Crippen LogP contribution in [0.25, 0.3) is 0 Å². The van der Waals surface area contributed by atoms with Crippen molar-refractivity contribution in [2.75, 3.05) is 0 Å². The molecule has 0 aliphatic heterocycles. The SMILES string of the molecule is CC(C)C1CCCC(N)(Cc2ccc(Br)cc2)CC1. The van der Waals surface area contributed by atoms with Crippen LogP contribution in [0.15, 0.2) is 28.7 Å². The Bertz CT molecular complexity index is 398. The van der Waals surface area contributed by atoms with Gasteiger partial charge in [0, 0.05) is 10.0 Å². The predicted molar refractivity (Wildman–Crippen MR) is 86.2 cm³/mol. The molecular formula is C17H26BrN. The Morgan fingerprint density at radius 2 is 1.89 bits per heavy atom. The second-order valence-corrected chi connectivity index (χ2v) is 7.52. The number of nitrogens with two attached hydrogens (primary N) is 1. The first-order valence-corrected chi connectivity index (χ1v) is 8.31. The summed E-state index contributed by atoms with van der Waals surface area (Å²) >= 11 is 3.49. The highest BCUT2D eigenvalue weighted by Crippen LogP contribution is 2.34. The van der Waals surface area contributed by atoms with Gasteiger partial charge >= 0.3 is 0 Å². The lowest BCUT2D eigenvalue weighted by molar-refractivity contribution is 0.322. The maximum atomic E-state index is 6.68. The van der Waals surface area contributed by atoms with Gasteiger partial charge in [0.1, 0.15) is 0 Å². The van der Waals surface area contributed by atoms with Gasteiger partial charge in [0.05, 0.1) is 0 Å². The summed E-state index contributed by atoms with van der Waals surface area (Å²) in [5.41, 5.74) is 8.06. The first kappa shape index (κ1) is 15.1. The van der Waals surface area contributed by atoms with Crippen molar-refractivity contribution in [3.8, 4) is 0 Å². The molecule has 0 amide bonds. The molecule has 0 aromatic heterocycles. The molecule has 1 aliphatic rings. The predicted octanol–water partition coefficient (Wildman–Crippen LogP) is 4.93. The Labute approximate surface area is 126 Å². The number of rotatable bonds is 3. The van der Waals surface area contributed by atoms with Crippen molar-refractivity contribution in [3.05, 3.63) is 34.3 Å². The van der Waals surface area contributed by atoms with Crippen LogP contribution in [-0.2, 0) is 6.42 Å². The largest absolute Gasteiger partial charge is 0.325 e. The standard InChI is InChI=1S/C17H26BrN/c1-13(2)15-4-3-10-17(19,11-9-15)12-14-5-7-16(18)8-6-14/h5-8,13,15H,3-4,9-12,19H2,1-2H3. The van der Waals surface area contributed by atoms with Crippen LogP contribution in [0.5, 0.6) is 0 Å². The van der Waals surface area contributed by atoms with E-state index in [1.54, 1.807) is 0 Å². The van der Waals surface area contributed by atoms with Crippen LogP contribution in [0.3, 0.4) is 0 Å². The summed E-state index contributed by atoms with van der Waals surface area (Å²) in [7, 11) is 0. The number of hydrogen-bond acceptors (Lipinski definition) is 1. The molecule has 0 bridgehead atoms. The van der Waals surface area contributed by atoms with Crippen molar-refractivity contribution < 1.29 is 0 Å². The quantitative estimate of drug-likeness (QED) is 0.784. The van der Waals surface area contributed by atoms with E-state index < -0.39 is 0 Å². The van der Waals surface area contributed by atoms with Gasteiger partial charge in [-0.25, -0.2) is 0 Å². The molecule has 0 saturated heterocycles. The molecular weight excluding hydrogens is 298 g/mol. The van der Waals surface area contributed by atoms with Gasteiger partial charge in [-0.2, -0.15) is 0 Å². The Kier molecular flexibility index (Phi) is 5.08. The zero-order valence-electron chi connectivity index (χ0n) is 12.2. The van der Waals surface area contributed by atoms with Gasteiger partial charge in [-0.1, -0.05) is 54.8 Å². The molecule has 0 spiro atoms. The molecule has 2 rings (SSSR count). The van der Waals surface area contributed by atoms with Gasteiger partial charge in [-0.05, 0) is 55.2 Å². The lowest BCUT2D eigenvalue weighted by Crippen LogP contribution is -2.41. The summed E-state index contributed by atoms with van der Waals surface area (Å²) in [6.07, 6.45) is 7.31. The second kappa shape index (κ2) is 6.41. The Hall–Kier alpha value is -0.340. The van der Waals surface area contributed by atoms with Crippen LogP contribution >= 0.6 is 15.9 Å². The highest BCUT2D eigenvalue weighted by atomic mass is 79.9. The summed E-state index contributed by atoms with van der Waals surface area (Å²) < 4.78 is 1.14. The highest BCUT2D eigenvalue weighted by molar-refractivity contribution is 9.10. The van der Waals surface area contributed by atoms with Gasteiger partial charge in [0.15, 0.2) is 0 Å². The first-order valence-electron chi connectivity index (χ1n) is 7.52. The molecule has 1 aromatic carbocycles. The van der Waals surface area contributed by atoms with Crippen LogP contribution in [-0.4, -0.2) is 5.54 Å². The summed E-state index contributed by atoms with van der Waals surface area (Å²) in [5.74, 6) is 1.67. The van der Waals surface area contributed by atoms with Crippen LogP contribution < -0.4 is 5.73 Å². The maximum Gasteiger partial charge on any atom is 0.0195 e. The van der Waals surface area contributed by atoms with Gasteiger partial charge in [-0.15, -0.1) is 0 Å². The Morgan fingerprint density at radius 3 is 2.53 bits per heavy atom. The van der Waals surface area contributed by atoms with E-state index in [0.717, 1.165) is 22.7 Å². The van der Waals surface area contributed by atoms with Crippen molar-refractivity contribution in [1.82, 2.24) is 0 Å². The van der Waals surface area contributed by atoms with Crippen molar-refractivity contribution in [1.29, 1.82) is 0 Å². The number of benzene rings is 1. The molecule has 0 heterocycles. The summed E-state index contributed by atoms with van der Waals surface area (Å²) in [4.78, 5) is 0. The van der Waals surface area contributed by atoms with E-state index in [9.17, 15) is 0 Å². The minimum atomic E-state index is 0.0114. The molecule has 2 unspecified atom stereocenters. The third-order valence-corrected chi connectivity index (χ3v) is 5.20. The maximum absolute atomic E-state index is 6.68. The van der Waals surface area contributed by atoms with Crippen molar-refractivity contribution >= 4 is 15.9 Å². The average molecular weight is 324 g/mol. The molecule has 1 fully saturated rings. The van der Waals surface area contributed by atoms with Gasteiger partial charge in [0.2, 0.25) is 0 Å². The van der Waals surface area contributed by atoms with Crippen LogP contribution in [0.2, 0.25) is 0 Å². The monoisotopic (exact) mass is 323 g/mol. The van der Waals surface area contributed by atoms with Crippen LogP contribution in [0.4, 0.5) is 0 Å². The van der Waals surface area contributed by atoms with Gasteiger partial charge in [-0.3, -0.25) is 0 Å². The topological polar surface area (TPSA) is 26.0 Å². The summed E-state index contributed by atoms with van der Waals surface area (Å²) in [6.45, 7) is 4.70. The fourth-order valence-electron chi connectivity index (χ4n) is 3.31. The zero-order valence-corrected chi connectivity index (χ0v) is 13.7. The third-order valence-electron chi connectivity index (χ3n) is 4.67. The molecule has 1 aromatic rings. The molecule has 0 radical (unpaired) electrons. The zero-order chi connectivity index (χ0) is 13.9. The fraction of sp³-hybridized carbons (Fsp3) is 0.647. The third kappa shape index (κ3) is 4.32. The molecule has 106 valence electrons. The van der Waals surface area contributed by atoms with Gasteiger partial charge < -0.3 is 5.73 Å². The highest BCUT2D eigenvalue weighted by Gasteiger charge is 2.30. The van der Waals surface area contributed by atoms with Crippen molar-refractivity contribution in [2.24, 2.45) is 17.6 Å². The lowest BCUT2D eigenvalue weighted by Gasteiger charge is -2.28. The van der Waals surface area contributed by atoms with E-state index in [-0.39, 0.29) is 5.54 Å². The molecule has 1 saturated carbocycles. The lowest BCUT2D eigenvalue weighted by atomic mass is 9.83. The summed E-state index contributed by atoms with van der Waals surface area (Å²) in [5, 5.41) is 0. The molecule has 2 N–H and O–H groups in total. The first-order chi connectivity index (χ1) is 8.98. The van der Waals surface area contributed by atoms with Crippen molar-refractivity contribution in [2.45, 2.75) is 57.9 Å². The van der Waals surface area contributed by atoms with E-state index >= 15 is 0 Å². The molecule has 2 atom stereocenters. The van der Waals surface area contributed by atoms with E-state index in [0.29, 0.717) is 0 Å². The second-order valence-electron chi connectivity index (χ2n) is 6.60. The van der Waals surface area contributed by atoms with E-state index in [1.807, 2.05) is 0 Å². The number of hydrogen-bond donors (Lipinski definition) is 1. The fourth-order valence-corrected chi connectivity index (χ4v) is 3.58. The average Bonchev–Trinajstić information content (AvgIpc) is 2.55. The van der Waals surface area contributed by atoms with Crippen LogP contribution in [0, 0.1) is 11.8 Å². The molecule has 19 heavy (non-hydrogen) atoms. The van der Waals surface area contributed by atoms with Crippen molar-refractivity contribution in [3.63, 3.8) is 0 Å². The van der Waals surface area contributed by atoms with Gasteiger partial charge in [0.25, 0.3) is 0 Å². The van der Waals surface area contributed by atoms with Crippen LogP contribution in [0.1, 0.15) is 51.5 Å². The van der Waals surface area contributed by atoms with E-state index in [4.69, 9.17) is 5.73 Å². The molecule has 1 nitrogen and oxygen atoms in total. The molecule has 2 heteroatoms. The number of halogens is 1. The Balaban J connectivity index is 2.00. The van der Waals surface area contributed by atoms with E-state index in [2.05, 4.69) is 54.0 Å². The minimum Gasteiger partial charge on any atom is -0.325 e. The molecule has 1 aliphatic carbocycles.